The summed E-state index contributed by atoms with van der Waals surface area (Å²) in [6.07, 6.45) is 8.84. The molecule has 2 aliphatic heterocycles. The van der Waals surface area contributed by atoms with Crippen molar-refractivity contribution in [2.75, 3.05) is 13.1 Å². The molecule has 0 aromatic heterocycles. The molecule has 0 radical (unpaired) electrons. The Kier molecular flexibility index (Phi) is 14.6. The van der Waals surface area contributed by atoms with Crippen molar-refractivity contribution in [3.63, 3.8) is 0 Å². The lowest BCUT2D eigenvalue weighted by atomic mass is 9.75. The number of carboxylic acids is 2. The van der Waals surface area contributed by atoms with Crippen LogP contribution in [0.2, 0.25) is 0 Å². The molecule has 2 heterocycles. The summed E-state index contributed by atoms with van der Waals surface area (Å²) in [6, 6.07) is 0. The van der Waals surface area contributed by atoms with E-state index >= 15 is 0 Å². The second-order valence-corrected chi connectivity index (χ2v) is 19.6. The summed E-state index contributed by atoms with van der Waals surface area (Å²) in [7, 11) is 0. The zero-order valence-electron chi connectivity index (χ0n) is 33.9. The summed E-state index contributed by atoms with van der Waals surface area (Å²) in [5, 5.41) is 27.5. The fourth-order valence-electron chi connectivity index (χ4n) is 8.65. The molecule has 2 saturated heterocycles. The first-order valence-corrected chi connectivity index (χ1v) is 19.3. The third kappa shape index (κ3) is 13.4. The number of unbranched alkanes of at least 4 members (excludes halogenated alkanes) is 4. The molecule has 4 N–H and O–H groups in total. The number of hydrogen-bond acceptors (Lipinski definition) is 6. The predicted octanol–water partition coefficient (Wildman–Crippen LogP) is 7.53. The Morgan fingerprint density at radius 2 is 0.960 bits per heavy atom. The molecule has 290 valence electrons. The van der Waals surface area contributed by atoms with E-state index in [1.54, 1.807) is 0 Å². The van der Waals surface area contributed by atoms with Crippen LogP contribution in [-0.4, -0.2) is 90.1 Å². The molecule has 2 aliphatic rings. The van der Waals surface area contributed by atoms with Crippen LogP contribution in [0.25, 0.3) is 0 Å². The number of hydrogen-bond donors (Lipinski definition) is 4. The normalized spacial score (nSPS) is 23.5. The Labute approximate surface area is 304 Å². The van der Waals surface area contributed by atoms with E-state index in [2.05, 4.69) is 93.7 Å². The van der Waals surface area contributed by atoms with Crippen LogP contribution in [0.3, 0.4) is 0 Å². The minimum atomic E-state index is -1.13. The summed E-state index contributed by atoms with van der Waals surface area (Å²) in [5.74, 6) is -1.62. The van der Waals surface area contributed by atoms with E-state index in [-0.39, 0.29) is 29.3 Å². The van der Waals surface area contributed by atoms with Gasteiger partial charge in [0.05, 0.1) is 5.41 Å². The molecule has 2 rings (SSSR count). The SMILES string of the molecule is CC1(C)CCC(C)(C)N(CCC(CCCCCCCC(=O)O)(CCN2C(=O)CC(C)(C)NC(C)(C)CCC2(C)C)C(=O)O)C(=O)CC(C)(C)N1. The molecular formula is C40H74N4O6. The highest BCUT2D eigenvalue weighted by molar-refractivity contribution is 5.80. The lowest BCUT2D eigenvalue weighted by Crippen LogP contribution is -2.54. The van der Waals surface area contributed by atoms with E-state index in [0.717, 1.165) is 44.9 Å². The first-order chi connectivity index (χ1) is 22.6. The minimum Gasteiger partial charge on any atom is -0.481 e. The maximum atomic E-state index is 14.0. The van der Waals surface area contributed by atoms with Gasteiger partial charge in [-0.15, -0.1) is 0 Å². The van der Waals surface area contributed by atoms with Crippen molar-refractivity contribution in [1.29, 1.82) is 0 Å². The van der Waals surface area contributed by atoms with Gasteiger partial charge in [-0.05, 0) is 134 Å². The number of carbonyl (C=O) groups is 4. The molecule has 0 saturated carbocycles. The highest BCUT2D eigenvalue weighted by Gasteiger charge is 2.45. The van der Waals surface area contributed by atoms with E-state index in [4.69, 9.17) is 5.11 Å². The summed E-state index contributed by atoms with van der Waals surface area (Å²) in [5.41, 5.74) is -3.21. The van der Waals surface area contributed by atoms with Crippen molar-refractivity contribution in [2.45, 2.75) is 213 Å². The quantitative estimate of drug-likeness (QED) is 0.128. The van der Waals surface area contributed by atoms with Gasteiger partial charge in [-0.1, -0.05) is 25.7 Å². The van der Waals surface area contributed by atoms with Gasteiger partial charge in [0.25, 0.3) is 0 Å². The van der Waals surface area contributed by atoms with Crippen LogP contribution in [0.4, 0.5) is 0 Å². The molecule has 0 aliphatic carbocycles. The van der Waals surface area contributed by atoms with E-state index in [9.17, 15) is 24.3 Å². The number of carboxylic acid groups (broad SMARTS) is 2. The number of nitrogens with one attached hydrogen (secondary N) is 2. The van der Waals surface area contributed by atoms with Crippen LogP contribution in [0.15, 0.2) is 0 Å². The van der Waals surface area contributed by atoms with Gasteiger partial charge in [0.2, 0.25) is 11.8 Å². The van der Waals surface area contributed by atoms with E-state index in [1.165, 1.54) is 0 Å². The number of nitrogens with zero attached hydrogens (tertiary/aromatic N) is 2. The van der Waals surface area contributed by atoms with Gasteiger partial charge in [0.1, 0.15) is 0 Å². The van der Waals surface area contributed by atoms with Crippen LogP contribution in [0, 0.1) is 5.41 Å². The second kappa shape index (κ2) is 16.6. The molecule has 0 atom stereocenters. The molecule has 0 spiro atoms. The topological polar surface area (TPSA) is 139 Å². The standard InChI is InChI=1S/C40H74N4O6/c1-34(2)20-22-38(9,10)43(30(45)28-36(5,6)41-34)26-24-40(33(49)50,19-17-15-13-14-16-18-32(47)48)25-27-44-31(46)29-37(7,8)42-35(3,4)21-23-39(44,11)12/h41-42H,13-29H2,1-12H3,(H,47,48)(H,49,50). The first kappa shape index (κ1) is 44.0. The molecule has 2 fully saturated rings. The molecule has 10 heteroatoms. The third-order valence-corrected chi connectivity index (χ3v) is 11.5. The first-order valence-electron chi connectivity index (χ1n) is 19.3. The van der Waals surface area contributed by atoms with Gasteiger partial charge in [-0.25, -0.2) is 0 Å². The fourth-order valence-corrected chi connectivity index (χ4v) is 8.65. The summed E-state index contributed by atoms with van der Waals surface area (Å²) in [4.78, 5) is 56.5. The highest BCUT2D eigenvalue weighted by atomic mass is 16.4. The van der Waals surface area contributed by atoms with Gasteiger partial charge >= 0.3 is 11.9 Å². The Balaban J connectivity index is 2.43. The average molecular weight is 707 g/mol. The minimum absolute atomic E-state index is 0.0246. The second-order valence-electron chi connectivity index (χ2n) is 19.6. The predicted molar refractivity (Wildman–Crippen MR) is 201 cm³/mol. The van der Waals surface area contributed by atoms with Crippen molar-refractivity contribution >= 4 is 23.8 Å². The highest BCUT2D eigenvalue weighted by Crippen LogP contribution is 2.39. The van der Waals surface area contributed by atoms with E-state index < -0.39 is 39.5 Å². The van der Waals surface area contributed by atoms with E-state index in [0.29, 0.717) is 58.0 Å². The maximum Gasteiger partial charge on any atom is 0.309 e. The molecular weight excluding hydrogens is 632 g/mol. The maximum absolute atomic E-state index is 14.0. The molecule has 2 amide bonds. The van der Waals surface area contributed by atoms with Crippen molar-refractivity contribution in [2.24, 2.45) is 5.41 Å². The molecule has 0 bridgehead atoms. The zero-order valence-corrected chi connectivity index (χ0v) is 33.9. The Bertz CT molecular complexity index is 1120. The molecule has 0 aromatic rings. The fraction of sp³-hybridized carbons (Fsp3) is 0.900. The van der Waals surface area contributed by atoms with Crippen LogP contribution in [0.5, 0.6) is 0 Å². The van der Waals surface area contributed by atoms with Crippen LogP contribution in [0.1, 0.15) is 179 Å². The van der Waals surface area contributed by atoms with Crippen molar-refractivity contribution in [3.05, 3.63) is 0 Å². The Morgan fingerprint density at radius 1 is 0.580 bits per heavy atom. The Morgan fingerprint density at radius 3 is 1.34 bits per heavy atom. The largest absolute Gasteiger partial charge is 0.481 e. The third-order valence-electron chi connectivity index (χ3n) is 11.5. The molecule has 10 nitrogen and oxygen atoms in total. The number of carbonyl (C=O) groups excluding carboxylic acids is 2. The van der Waals surface area contributed by atoms with Gasteiger partial charge in [0, 0.05) is 65.6 Å². The van der Waals surface area contributed by atoms with Gasteiger partial charge in [-0.3, -0.25) is 19.2 Å². The molecule has 0 aromatic carbocycles. The van der Waals surface area contributed by atoms with E-state index in [1.807, 2.05) is 9.80 Å². The monoisotopic (exact) mass is 707 g/mol. The summed E-state index contributed by atoms with van der Waals surface area (Å²) >= 11 is 0. The lowest BCUT2D eigenvalue weighted by Gasteiger charge is -2.44. The van der Waals surface area contributed by atoms with Gasteiger partial charge in [0.15, 0.2) is 0 Å². The number of aliphatic carboxylic acids is 2. The number of rotatable bonds is 15. The average Bonchev–Trinajstić information content (AvgIpc) is 2.95. The summed E-state index contributed by atoms with van der Waals surface area (Å²) < 4.78 is 0. The van der Waals surface area contributed by atoms with Crippen LogP contribution in [-0.2, 0) is 19.2 Å². The molecule has 50 heavy (non-hydrogen) atoms. The smallest absolute Gasteiger partial charge is 0.309 e. The number of amides is 2. The lowest BCUT2D eigenvalue weighted by molar-refractivity contribution is -0.154. The van der Waals surface area contributed by atoms with Crippen molar-refractivity contribution in [3.8, 4) is 0 Å². The van der Waals surface area contributed by atoms with Gasteiger partial charge < -0.3 is 30.6 Å². The molecule has 0 unspecified atom stereocenters. The van der Waals surface area contributed by atoms with Crippen LogP contribution >= 0.6 is 0 Å². The Hall–Kier alpha value is -2.20. The van der Waals surface area contributed by atoms with Crippen molar-refractivity contribution in [1.82, 2.24) is 20.4 Å². The van der Waals surface area contributed by atoms with Gasteiger partial charge in [-0.2, -0.15) is 0 Å². The van der Waals surface area contributed by atoms with Crippen LogP contribution < -0.4 is 10.6 Å². The van der Waals surface area contributed by atoms with Crippen molar-refractivity contribution < 1.29 is 29.4 Å². The zero-order chi connectivity index (χ0) is 38.4. The summed E-state index contributed by atoms with van der Waals surface area (Å²) in [6.45, 7) is 26.0.